The van der Waals surface area contributed by atoms with Crippen LogP contribution in [0.5, 0.6) is 0 Å². The third kappa shape index (κ3) is 2.05. The van der Waals surface area contributed by atoms with E-state index >= 15 is 0 Å². The summed E-state index contributed by atoms with van der Waals surface area (Å²) in [6.07, 6.45) is 3.68. The molecule has 0 N–H and O–H groups in total. The largest absolute Gasteiger partial charge is 0.258 e. The molecule has 0 aromatic heterocycles. The molecule has 3 aliphatic rings. The van der Waals surface area contributed by atoms with Crippen LogP contribution in [-0.4, -0.2) is 13.7 Å². The Balaban J connectivity index is 1.71. The lowest BCUT2D eigenvalue weighted by Gasteiger charge is -2.39. The van der Waals surface area contributed by atoms with Crippen molar-refractivity contribution in [2.24, 2.45) is 11.3 Å². The topological polar surface area (TPSA) is 40.9 Å². The van der Waals surface area contributed by atoms with Gasteiger partial charge in [-0.2, -0.15) is 5.26 Å². The molecule has 1 aliphatic carbocycles. The Labute approximate surface area is 169 Å². The maximum Gasteiger partial charge on any atom is 0.0818 e. The minimum Gasteiger partial charge on any atom is -0.258 e. The summed E-state index contributed by atoms with van der Waals surface area (Å²) in [7, 11) is -1.07. The van der Waals surface area contributed by atoms with Crippen LogP contribution in [0.15, 0.2) is 71.8 Å². The van der Waals surface area contributed by atoms with E-state index in [2.05, 4.69) is 68.4 Å². The van der Waals surface area contributed by atoms with Gasteiger partial charge in [-0.05, 0) is 61.8 Å². The van der Waals surface area contributed by atoms with Crippen molar-refractivity contribution in [1.29, 1.82) is 5.26 Å². The molecule has 2 nitrogen and oxygen atoms in total. The molecule has 2 heterocycles. The Hall–Kier alpha value is -2.18. The summed E-state index contributed by atoms with van der Waals surface area (Å²) in [5, 5.41) is 10.1. The zero-order valence-corrected chi connectivity index (χ0v) is 17.3. The second-order valence-electron chi connectivity index (χ2n) is 8.91. The van der Waals surface area contributed by atoms with Crippen LogP contribution in [0.2, 0.25) is 0 Å². The number of rotatable bonds is 4. The van der Waals surface area contributed by atoms with Crippen LogP contribution in [0.1, 0.15) is 37.8 Å². The van der Waals surface area contributed by atoms with Crippen LogP contribution in [0.3, 0.4) is 0 Å². The summed E-state index contributed by atoms with van der Waals surface area (Å²) in [5.41, 5.74) is 5.01. The van der Waals surface area contributed by atoms with E-state index in [9.17, 15) is 9.47 Å². The fraction of sp³-hybridized carbons (Fsp3) is 0.400. The highest BCUT2D eigenvalue weighted by atomic mass is 32.2. The van der Waals surface area contributed by atoms with Gasteiger partial charge in [0.25, 0.3) is 0 Å². The first-order valence-corrected chi connectivity index (χ1v) is 11.3. The molecule has 2 aromatic carbocycles. The number of fused-ring (bicyclic) bond motifs is 3. The molecule has 4 unspecified atom stereocenters. The van der Waals surface area contributed by atoms with Crippen LogP contribution >= 0.6 is 0 Å². The molecular formula is C25H25NOS. The summed E-state index contributed by atoms with van der Waals surface area (Å²) in [5.74, 6) is -0.149. The van der Waals surface area contributed by atoms with Crippen molar-refractivity contribution >= 4 is 10.8 Å². The molecule has 2 aromatic rings. The van der Waals surface area contributed by atoms with Gasteiger partial charge in [-0.15, -0.1) is 0 Å². The third-order valence-electron chi connectivity index (χ3n) is 7.71. The van der Waals surface area contributed by atoms with Gasteiger partial charge in [0.05, 0.1) is 21.5 Å². The van der Waals surface area contributed by atoms with Crippen LogP contribution in [0.4, 0.5) is 0 Å². The number of hydrogen-bond donors (Lipinski definition) is 0. The quantitative estimate of drug-likeness (QED) is 0.694. The van der Waals surface area contributed by atoms with Crippen molar-refractivity contribution in [3.8, 4) is 6.07 Å². The maximum absolute atomic E-state index is 14.0. The van der Waals surface area contributed by atoms with E-state index in [1.165, 1.54) is 22.3 Å². The van der Waals surface area contributed by atoms with Gasteiger partial charge < -0.3 is 0 Å². The highest BCUT2D eigenvalue weighted by Gasteiger charge is 2.81. The van der Waals surface area contributed by atoms with Crippen molar-refractivity contribution in [2.75, 3.05) is 0 Å². The number of benzene rings is 2. The summed E-state index contributed by atoms with van der Waals surface area (Å²) >= 11 is 0. The molecule has 1 saturated heterocycles. The summed E-state index contributed by atoms with van der Waals surface area (Å²) < 4.78 is 13.0. The Kier molecular flexibility index (Phi) is 3.77. The van der Waals surface area contributed by atoms with Gasteiger partial charge >= 0.3 is 0 Å². The zero-order valence-electron chi connectivity index (χ0n) is 16.4. The van der Waals surface area contributed by atoms with E-state index in [1.54, 1.807) is 0 Å². The maximum atomic E-state index is 14.0. The fourth-order valence-electron chi connectivity index (χ4n) is 6.11. The van der Waals surface area contributed by atoms with Gasteiger partial charge in [0.1, 0.15) is 0 Å². The summed E-state index contributed by atoms with van der Waals surface area (Å²) in [6, 6.07) is 23.6. The van der Waals surface area contributed by atoms with Crippen LogP contribution in [0.25, 0.3) is 0 Å². The van der Waals surface area contributed by atoms with Crippen LogP contribution in [-0.2, 0) is 23.6 Å². The molecule has 2 fully saturated rings. The molecule has 3 heteroatoms. The van der Waals surface area contributed by atoms with Gasteiger partial charge in [-0.3, -0.25) is 4.21 Å². The standard InChI is InChI=1S/C25H25NOS/c1-23-20(15-18-9-5-3-6-10-18)21(16-19-11-7-4-8-12-19)24(2,28(23)27)25(13-14-25)22(23)17-26/h3-12,22H,13-16H2,1-2H3. The number of nitriles is 1. The Morgan fingerprint density at radius 3 is 1.89 bits per heavy atom. The Bertz CT molecular complexity index is 1030. The number of nitrogens with zero attached hydrogens (tertiary/aromatic N) is 1. The van der Waals surface area contributed by atoms with Crippen molar-refractivity contribution in [3.05, 3.63) is 82.9 Å². The van der Waals surface area contributed by atoms with E-state index in [1.807, 2.05) is 12.1 Å². The average Bonchev–Trinajstić information content (AvgIpc) is 3.47. The van der Waals surface area contributed by atoms with E-state index in [0.717, 1.165) is 25.7 Å². The minimum atomic E-state index is -1.07. The molecule has 1 saturated carbocycles. The first-order chi connectivity index (χ1) is 13.5. The molecule has 4 atom stereocenters. The molecule has 5 rings (SSSR count). The lowest BCUT2D eigenvalue weighted by atomic mass is 9.61. The zero-order chi connectivity index (χ0) is 19.6. The molecule has 28 heavy (non-hydrogen) atoms. The minimum absolute atomic E-state index is 0.0916. The fourth-order valence-corrected chi connectivity index (χ4v) is 8.98. The Morgan fingerprint density at radius 2 is 1.43 bits per heavy atom. The second-order valence-corrected chi connectivity index (χ2v) is 11.1. The van der Waals surface area contributed by atoms with Gasteiger partial charge in [-0.1, -0.05) is 60.7 Å². The van der Waals surface area contributed by atoms with E-state index < -0.39 is 15.5 Å². The molecule has 2 aliphatic heterocycles. The van der Waals surface area contributed by atoms with Crippen molar-refractivity contribution in [3.63, 3.8) is 0 Å². The van der Waals surface area contributed by atoms with Crippen molar-refractivity contribution in [1.82, 2.24) is 0 Å². The smallest absolute Gasteiger partial charge is 0.0818 e. The third-order valence-corrected chi connectivity index (χ3v) is 10.4. The predicted octanol–water partition coefficient (Wildman–Crippen LogP) is 4.98. The van der Waals surface area contributed by atoms with Crippen LogP contribution < -0.4 is 0 Å². The first kappa shape index (κ1) is 17.9. The normalized spacial score (nSPS) is 34.6. The average molecular weight is 388 g/mol. The van der Waals surface area contributed by atoms with Gasteiger partial charge in [-0.25, -0.2) is 0 Å². The molecule has 142 valence electrons. The van der Waals surface area contributed by atoms with E-state index in [0.29, 0.717) is 0 Å². The van der Waals surface area contributed by atoms with Gasteiger partial charge in [0, 0.05) is 16.2 Å². The highest BCUT2D eigenvalue weighted by molar-refractivity contribution is 7.89. The lowest BCUT2D eigenvalue weighted by Crippen LogP contribution is -2.42. The molecular weight excluding hydrogens is 362 g/mol. The second kappa shape index (κ2) is 5.91. The first-order valence-electron chi connectivity index (χ1n) is 10.1. The Morgan fingerprint density at radius 1 is 0.929 bits per heavy atom. The number of hydrogen-bond acceptors (Lipinski definition) is 2. The molecule has 2 bridgehead atoms. The van der Waals surface area contributed by atoms with E-state index in [4.69, 9.17) is 0 Å². The summed E-state index contributed by atoms with van der Waals surface area (Å²) in [4.78, 5) is 0. The molecule has 0 radical (unpaired) electrons. The lowest BCUT2D eigenvalue weighted by molar-refractivity contribution is 0.289. The van der Waals surface area contributed by atoms with Gasteiger partial charge in [0.2, 0.25) is 0 Å². The van der Waals surface area contributed by atoms with Crippen molar-refractivity contribution < 1.29 is 4.21 Å². The van der Waals surface area contributed by atoms with Gasteiger partial charge in [0.15, 0.2) is 0 Å². The SMILES string of the molecule is CC12C(Cc3ccccc3)=C(Cc3ccccc3)C(C)(S1=O)C1(CC1)C2C#N. The van der Waals surface area contributed by atoms with Crippen molar-refractivity contribution in [2.45, 2.75) is 49.0 Å². The van der Waals surface area contributed by atoms with Crippen LogP contribution in [0, 0.1) is 22.7 Å². The molecule has 1 spiro atoms. The summed E-state index contributed by atoms with van der Waals surface area (Å²) in [6.45, 7) is 4.31. The monoisotopic (exact) mass is 387 g/mol. The predicted molar refractivity (Wildman–Crippen MR) is 113 cm³/mol. The van der Waals surface area contributed by atoms with E-state index in [-0.39, 0.29) is 16.1 Å². The molecule has 0 amide bonds. The highest BCUT2D eigenvalue weighted by Crippen LogP contribution is 2.77.